The summed E-state index contributed by atoms with van der Waals surface area (Å²) in [5.41, 5.74) is 3.19. The molecular formula is C22H26N2O3. The Bertz CT molecular complexity index is 802. The fraction of sp³-hybridized carbons (Fsp3) is 0.409. The molecule has 1 saturated heterocycles. The first kappa shape index (κ1) is 18.0. The van der Waals surface area contributed by atoms with Crippen LogP contribution in [0.5, 0.6) is 5.75 Å². The van der Waals surface area contributed by atoms with Crippen molar-refractivity contribution < 1.29 is 14.6 Å². The van der Waals surface area contributed by atoms with Crippen LogP contribution >= 0.6 is 0 Å². The zero-order valence-electron chi connectivity index (χ0n) is 15.4. The SMILES string of the molecule is O=C(COc1ccccc1CNC1CC(O)c2ccccc21)N1CCCC1. The van der Waals surface area contributed by atoms with E-state index in [1.165, 1.54) is 0 Å². The third kappa shape index (κ3) is 3.99. The summed E-state index contributed by atoms with van der Waals surface area (Å²) >= 11 is 0. The third-order valence-corrected chi connectivity index (χ3v) is 5.51. The van der Waals surface area contributed by atoms with Gasteiger partial charge in [0.2, 0.25) is 0 Å². The van der Waals surface area contributed by atoms with Gasteiger partial charge in [-0.2, -0.15) is 0 Å². The van der Waals surface area contributed by atoms with Gasteiger partial charge in [0.15, 0.2) is 6.61 Å². The molecule has 1 heterocycles. The van der Waals surface area contributed by atoms with Gasteiger partial charge in [-0.1, -0.05) is 42.5 Å². The Morgan fingerprint density at radius 2 is 1.78 bits per heavy atom. The predicted molar refractivity (Wildman–Crippen MR) is 103 cm³/mol. The van der Waals surface area contributed by atoms with Gasteiger partial charge in [-0.15, -0.1) is 0 Å². The first-order valence-electron chi connectivity index (χ1n) is 9.71. The molecule has 2 aromatic carbocycles. The minimum atomic E-state index is -0.414. The van der Waals surface area contributed by atoms with E-state index in [-0.39, 0.29) is 18.6 Å². The molecule has 0 bridgehead atoms. The molecule has 0 aromatic heterocycles. The Morgan fingerprint density at radius 1 is 1.07 bits per heavy atom. The lowest BCUT2D eigenvalue weighted by Crippen LogP contribution is -2.32. The highest BCUT2D eigenvalue weighted by Crippen LogP contribution is 2.38. The van der Waals surface area contributed by atoms with Gasteiger partial charge in [-0.3, -0.25) is 4.79 Å². The Labute approximate surface area is 160 Å². The summed E-state index contributed by atoms with van der Waals surface area (Å²) in [5.74, 6) is 0.799. The molecule has 4 rings (SSSR count). The normalized spacial score (nSPS) is 21.3. The molecule has 2 N–H and O–H groups in total. The molecule has 1 fully saturated rings. The Kier molecular flexibility index (Phi) is 5.41. The topological polar surface area (TPSA) is 61.8 Å². The molecule has 0 spiro atoms. The van der Waals surface area contributed by atoms with Crippen molar-refractivity contribution in [1.29, 1.82) is 0 Å². The molecule has 2 aliphatic rings. The Balaban J connectivity index is 1.38. The number of fused-ring (bicyclic) bond motifs is 1. The van der Waals surface area contributed by atoms with Crippen LogP contribution in [0.2, 0.25) is 0 Å². The number of hydrogen-bond acceptors (Lipinski definition) is 4. The van der Waals surface area contributed by atoms with Crippen molar-refractivity contribution in [1.82, 2.24) is 10.2 Å². The lowest BCUT2D eigenvalue weighted by atomic mass is 10.1. The predicted octanol–water partition coefficient (Wildman–Crippen LogP) is 2.96. The molecule has 2 atom stereocenters. The van der Waals surface area contributed by atoms with Crippen molar-refractivity contribution in [2.24, 2.45) is 0 Å². The third-order valence-electron chi connectivity index (χ3n) is 5.51. The number of hydrogen-bond donors (Lipinski definition) is 2. The van der Waals surface area contributed by atoms with Crippen LogP contribution in [0.15, 0.2) is 48.5 Å². The fourth-order valence-corrected chi connectivity index (χ4v) is 4.02. The molecule has 5 nitrogen and oxygen atoms in total. The van der Waals surface area contributed by atoms with Crippen molar-refractivity contribution in [2.45, 2.75) is 38.0 Å². The van der Waals surface area contributed by atoms with E-state index in [1.807, 2.05) is 47.4 Å². The average Bonchev–Trinajstić information content (AvgIpc) is 3.34. The minimum Gasteiger partial charge on any atom is -0.483 e. The summed E-state index contributed by atoms with van der Waals surface area (Å²) in [5, 5.41) is 13.8. The Morgan fingerprint density at radius 3 is 2.59 bits per heavy atom. The van der Waals surface area contributed by atoms with E-state index in [1.54, 1.807) is 0 Å². The highest BCUT2D eigenvalue weighted by atomic mass is 16.5. The van der Waals surface area contributed by atoms with Crippen molar-refractivity contribution in [3.05, 3.63) is 65.2 Å². The smallest absolute Gasteiger partial charge is 0.260 e. The summed E-state index contributed by atoms with van der Waals surface area (Å²) < 4.78 is 5.84. The van der Waals surface area contributed by atoms with Crippen LogP contribution in [0, 0.1) is 0 Å². The number of nitrogens with one attached hydrogen (secondary N) is 1. The molecule has 2 unspecified atom stereocenters. The molecular weight excluding hydrogens is 340 g/mol. The van der Waals surface area contributed by atoms with Gasteiger partial charge < -0.3 is 20.1 Å². The van der Waals surface area contributed by atoms with Crippen molar-refractivity contribution in [3.63, 3.8) is 0 Å². The number of rotatable bonds is 6. The molecule has 0 radical (unpaired) electrons. The van der Waals surface area contributed by atoms with Crippen LogP contribution in [0.1, 0.15) is 48.1 Å². The number of likely N-dealkylation sites (tertiary alicyclic amines) is 1. The second-order valence-electron chi connectivity index (χ2n) is 7.30. The largest absolute Gasteiger partial charge is 0.483 e. The molecule has 2 aromatic rings. The molecule has 1 aliphatic heterocycles. The van der Waals surface area contributed by atoms with Crippen molar-refractivity contribution in [2.75, 3.05) is 19.7 Å². The van der Waals surface area contributed by atoms with Gasteiger partial charge in [0.05, 0.1) is 6.10 Å². The van der Waals surface area contributed by atoms with Gasteiger partial charge in [0, 0.05) is 31.2 Å². The minimum absolute atomic E-state index is 0.0584. The van der Waals surface area contributed by atoms with E-state index >= 15 is 0 Å². The summed E-state index contributed by atoms with van der Waals surface area (Å²) in [7, 11) is 0. The second kappa shape index (κ2) is 8.11. The molecule has 27 heavy (non-hydrogen) atoms. The van der Waals surface area contributed by atoms with E-state index in [0.717, 1.165) is 48.4 Å². The van der Waals surface area contributed by atoms with Crippen LogP contribution in [-0.4, -0.2) is 35.6 Å². The lowest BCUT2D eigenvalue weighted by molar-refractivity contribution is -0.132. The number of ether oxygens (including phenoxy) is 1. The number of para-hydroxylation sites is 1. The number of carbonyl (C=O) groups excluding carboxylic acids is 1. The van der Waals surface area contributed by atoms with Crippen LogP contribution in [0.4, 0.5) is 0 Å². The zero-order valence-corrected chi connectivity index (χ0v) is 15.4. The fourth-order valence-electron chi connectivity index (χ4n) is 4.02. The Hall–Kier alpha value is -2.37. The monoisotopic (exact) mass is 366 g/mol. The van der Waals surface area contributed by atoms with Crippen LogP contribution in [0.3, 0.4) is 0 Å². The van der Waals surface area contributed by atoms with Gasteiger partial charge >= 0.3 is 0 Å². The molecule has 1 amide bonds. The highest BCUT2D eigenvalue weighted by Gasteiger charge is 2.28. The quantitative estimate of drug-likeness (QED) is 0.825. The first-order chi connectivity index (χ1) is 13.2. The first-order valence-corrected chi connectivity index (χ1v) is 9.71. The van der Waals surface area contributed by atoms with Crippen LogP contribution in [-0.2, 0) is 11.3 Å². The molecule has 1 aliphatic carbocycles. The number of amides is 1. The van der Waals surface area contributed by atoms with Crippen LogP contribution < -0.4 is 10.1 Å². The van der Waals surface area contributed by atoms with E-state index in [9.17, 15) is 9.90 Å². The summed E-state index contributed by atoms with van der Waals surface area (Å²) in [6.45, 7) is 2.39. The summed E-state index contributed by atoms with van der Waals surface area (Å²) in [6.07, 6.45) is 2.43. The van der Waals surface area contributed by atoms with E-state index in [4.69, 9.17) is 4.74 Å². The van der Waals surface area contributed by atoms with Gasteiger partial charge in [-0.25, -0.2) is 0 Å². The maximum Gasteiger partial charge on any atom is 0.260 e. The van der Waals surface area contributed by atoms with E-state index in [2.05, 4.69) is 11.4 Å². The second-order valence-corrected chi connectivity index (χ2v) is 7.30. The number of benzene rings is 2. The lowest BCUT2D eigenvalue weighted by Gasteiger charge is -2.18. The number of aliphatic hydroxyl groups is 1. The van der Waals surface area contributed by atoms with Crippen LogP contribution in [0.25, 0.3) is 0 Å². The molecule has 0 saturated carbocycles. The van der Waals surface area contributed by atoms with Gasteiger partial charge in [0.25, 0.3) is 5.91 Å². The number of carbonyl (C=O) groups is 1. The van der Waals surface area contributed by atoms with Crippen molar-refractivity contribution >= 4 is 5.91 Å². The number of nitrogens with zero attached hydrogens (tertiary/aromatic N) is 1. The van der Waals surface area contributed by atoms with Crippen molar-refractivity contribution in [3.8, 4) is 5.75 Å². The van der Waals surface area contributed by atoms with E-state index in [0.29, 0.717) is 13.0 Å². The highest BCUT2D eigenvalue weighted by molar-refractivity contribution is 5.78. The maximum absolute atomic E-state index is 12.2. The molecule has 5 heteroatoms. The van der Waals surface area contributed by atoms with E-state index < -0.39 is 6.10 Å². The summed E-state index contributed by atoms with van der Waals surface area (Å²) in [4.78, 5) is 14.1. The van der Waals surface area contributed by atoms with Gasteiger partial charge in [0.1, 0.15) is 5.75 Å². The maximum atomic E-state index is 12.2. The zero-order chi connectivity index (χ0) is 18.6. The average molecular weight is 366 g/mol. The summed E-state index contributed by atoms with van der Waals surface area (Å²) in [6, 6.07) is 16.0. The van der Waals surface area contributed by atoms with Gasteiger partial charge in [-0.05, 0) is 36.5 Å². The molecule has 142 valence electrons. The standard InChI is InChI=1S/C22H26N2O3/c25-20-13-19(17-8-2-3-9-18(17)20)23-14-16-7-1-4-10-21(16)27-15-22(26)24-11-5-6-12-24/h1-4,7-10,19-20,23,25H,5-6,11-15H2. The number of aliphatic hydroxyl groups excluding tert-OH is 1.